The molecule has 186 valence electrons. The molecule has 1 N–H and O–H groups in total. The first kappa shape index (κ1) is 24.3. The van der Waals surface area contributed by atoms with Crippen LogP contribution in [0, 0.1) is 17.2 Å². The lowest BCUT2D eigenvalue weighted by Gasteiger charge is -2.38. The molecule has 2 aromatic rings. The van der Waals surface area contributed by atoms with Crippen LogP contribution >= 0.6 is 11.6 Å². The summed E-state index contributed by atoms with van der Waals surface area (Å²) < 4.78 is 27.9. The van der Waals surface area contributed by atoms with Gasteiger partial charge in [0.05, 0.1) is 17.7 Å². The maximum absolute atomic E-state index is 13.2. The molecule has 3 aliphatic rings. The van der Waals surface area contributed by atoms with Gasteiger partial charge >= 0.3 is 0 Å². The molecule has 0 bridgehead atoms. The lowest BCUT2D eigenvalue weighted by molar-refractivity contribution is -0.124. The molecule has 1 saturated carbocycles. The van der Waals surface area contributed by atoms with Gasteiger partial charge in [-0.25, -0.2) is 13.1 Å². The summed E-state index contributed by atoms with van der Waals surface area (Å²) in [6, 6.07) is 7.33. The Bertz CT molecular complexity index is 1270. The van der Waals surface area contributed by atoms with Gasteiger partial charge in [0.1, 0.15) is 0 Å². The van der Waals surface area contributed by atoms with Crippen molar-refractivity contribution in [1.82, 2.24) is 19.4 Å². The maximum Gasteiger partial charge on any atom is 0.237 e. The number of aromatic nitrogens is 2. The third-order valence-electron chi connectivity index (χ3n) is 7.63. The van der Waals surface area contributed by atoms with E-state index >= 15 is 0 Å². The van der Waals surface area contributed by atoms with Crippen molar-refractivity contribution in [2.24, 2.45) is 5.92 Å². The Morgan fingerprint density at radius 3 is 2.74 bits per heavy atom. The minimum absolute atomic E-state index is 0.0913. The van der Waals surface area contributed by atoms with Crippen LogP contribution in [-0.4, -0.2) is 60.9 Å². The minimum atomic E-state index is -3.50. The summed E-state index contributed by atoms with van der Waals surface area (Å²) in [5.74, 6) is 0.0278. The second kappa shape index (κ2) is 9.21. The molecule has 11 heteroatoms. The second-order valence-corrected chi connectivity index (χ2v) is 12.2. The predicted octanol–water partition coefficient (Wildman–Crippen LogP) is 2.27. The van der Waals surface area contributed by atoms with E-state index in [4.69, 9.17) is 16.9 Å². The third-order valence-corrected chi connectivity index (χ3v) is 9.07. The summed E-state index contributed by atoms with van der Waals surface area (Å²) in [5.41, 5.74) is 2.67. The Balaban J connectivity index is 1.13. The van der Waals surface area contributed by atoms with Gasteiger partial charge in [0, 0.05) is 48.6 Å². The maximum atomic E-state index is 13.2. The number of likely N-dealkylation sites (N-methyl/N-ethyl adjacent to an activating group) is 1. The van der Waals surface area contributed by atoms with Crippen molar-refractivity contribution < 1.29 is 13.2 Å². The summed E-state index contributed by atoms with van der Waals surface area (Å²) >= 11 is 6.27. The van der Waals surface area contributed by atoms with Crippen molar-refractivity contribution in [1.29, 1.82) is 5.26 Å². The Kier molecular flexibility index (Phi) is 6.38. The zero-order chi connectivity index (χ0) is 24.8. The van der Waals surface area contributed by atoms with Gasteiger partial charge < -0.3 is 4.90 Å². The van der Waals surface area contributed by atoms with Gasteiger partial charge in [0.25, 0.3) is 0 Å². The Hall–Kier alpha value is -2.45. The number of halogens is 1. The predicted molar refractivity (Wildman–Crippen MR) is 132 cm³/mol. The molecule has 1 aromatic carbocycles. The van der Waals surface area contributed by atoms with Crippen molar-refractivity contribution in [2.75, 3.05) is 30.8 Å². The first-order valence-electron chi connectivity index (χ1n) is 11.9. The highest BCUT2D eigenvalue weighted by atomic mass is 35.5. The average molecular weight is 517 g/mol. The fourth-order valence-corrected chi connectivity index (χ4v) is 6.90. The summed E-state index contributed by atoms with van der Waals surface area (Å²) in [4.78, 5) is 17.3. The molecule has 2 aliphatic heterocycles. The molecular weight excluding hydrogens is 488 g/mol. The molecule has 0 atom stereocenters. The zero-order valence-corrected chi connectivity index (χ0v) is 21.2. The number of hydrogen-bond acceptors (Lipinski definition) is 6. The lowest BCUT2D eigenvalue weighted by Crippen LogP contribution is -2.47. The van der Waals surface area contributed by atoms with Crippen molar-refractivity contribution >= 4 is 33.2 Å². The Morgan fingerprint density at radius 2 is 2.03 bits per heavy atom. The third kappa shape index (κ3) is 4.70. The molecule has 0 radical (unpaired) electrons. The van der Waals surface area contributed by atoms with E-state index in [1.807, 2.05) is 36.1 Å². The van der Waals surface area contributed by atoms with E-state index in [1.54, 1.807) is 11.0 Å². The largest absolute Gasteiger partial charge is 0.314 e. The fourth-order valence-electron chi connectivity index (χ4n) is 5.78. The van der Waals surface area contributed by atoms with Crippen LogP contribution in [0.15, 0.2) is 30.6 Å². The van der Waals surface area contributed by atoms with E-state index in [1.165, 1.54) is 0 Å². The van der Waals surface area contributed by atoms with Crippen molar-refractivity contribution in [2.45, 2.75) is 50.2 Å². The molecular formula is C24H29ClN6O3S. The Labute approximate surface area is 210 Å². The molecule has 1 aliphatic carbocycles. The number of hydrogen-bond donors (Lipinski definition) is 1. The second-order valence-electron chi connectivity index (χ2n) is 10.0. The van der Waals surface area contributed by atoms with Crippen LogP contribution < -0.4 is 9.62 Å². The summed E-state index contributed by atoms with van der Waals surface area (Å²) in [5, 5.41) is 13.8. The molecule has 5 rings (SSSR count). The number of piperidine rings is 1. The number of likely N-dealkylation sites (tertiary alicyclic amines) is 1. The average Bonchev–Trinajstić information content (AvgIpc) is 3.30. The van der Waals surface area contributed by atoms with Crippen LogP contribution in [0.4, 0.5) is 5.69 Å². The number of sulfonamides is 1. The van der Waals surface area contributed by atoms with Gasteiger partial charge in [-0.15, -0.1) is 0 Å². The van der Waals surface area contributed by atoms with Crippen molar-refractivity contribution in [3.8, 4) is 6.07 Å². The number of anilines is 1. The highest BCUT2D eigenvalue weighted by molar-refractivity contribution is 7.89. The van der Waals surface area contributed by atoms with E-state index in [9.17, 15) is 13.2 Å². The molecule has 9 nitrogen and oxygen atoms in total. The SMILES string of the molecule is CN1C(=O)C2(CCN(Cc3cnn(C[C@H]4C[C@H](NS(=O)(=O)CC#N)C4)c3)CC2)c2cc(Cl)ccc21. The Morgan fingerprint density at radius 1 is 1.29 bits per heavy atom. The van der Waals surface area contributed by atoms with Crippen LogP contribution in [-0.2, 0) is 33.3 Å². The number of benzene rings is 1. The van der Waals surface area contributed by atoms with Gasteiger partial charge in [-0.05, 0) is 68.5 Å². The normalized spacial score (nSPS) is 23.8. The first-order chi connectivity index (χ1) is 16.7. The smallest absolute Gasteiger partial charge is 0.237 e. The number of nitriles is 1. The number of nitrogens with zero attached hydrogens (tertiary/aromatic N) is 5. The number of nitrogens with one attached hydrogen (secondary N) is 1. The van der Waals surface area contributed by atoms with E-state index < -0.39 is 21.2 Å². The van der Waals surface area contributed by atoms with Crippen LogP contribution in [0.25, 0.3) is 0 Å². The molecule has 1 saturated heterocycles. The molecule has 35 heavy (non-hydrogen) atoms. The fraction of sp³-hybridized carbons (Fsp3) is 0.542. The number of carbonyl (C=O) groups is 1. The van der Waals surface area contributed by atoms with Crippen LogP contribution in [0.1, 0.15) is 36.8 Å². The number of rotatable bonds is 7. The van der Waals surface area contributed by atoms with Gasteiger partial charge in [0.15, 0.2) is 5.75 Å². The minimum Gasteiger partial charge on any atom is -0.314 e. The number of fused-ring (bicyclic) bond motifs is 2. The monoisotopic (exact) mass is 516 g/mol. The van der Waals surface area contributed by atoms with Crippen LogP contribution in [0.2, 0.25) is 5.02 Å². The van der Waals surface area contributed by atoms with Gasteiger partial charge in [-0.3, -0.25) is 14.4 Å². The summed E-state index contributed by atoms with van der Waals surface area (Å²) in [6.07, 6.45) is 6.98. The molecule has 1 amide bonds. The standard InChI is InChI=1S/C24H29ClN6O3S/c1-29-22-3-2-19(25)12-21(22)24(23(29)32)4-7-30(8-5-24)14-18-13-27-31(16-18)15-17-10-20(11-17)28-35(33,34)9-6-26/h2-3,12-13,16-17,20,28H,4-5,7-11,14-15H2,1H3/t17-,20-. The molecule has 0 unspecified atom stereocenters. The number of carbonyl (C=O) groups excluding carboxylic acids is 1. The lowest BCUT2D eigenvalue weighted by atomic mass is 9.73. The van der Waals surface area contributed by atoms with Crippen molar-refractivity contribution in [3.63, 3.8) is 0 Å². The molecule has 1 spiro atoms. The molecule has 3 heterocycles. The van der Waals surface area contributed by atoms with Gasteiger partial charge in [-0.1, -0.05) is 11.6 Å². The van der Waals surface area contributed by atoms with Gasteiger partial charge in [0.2, 0.25) is 15.9 Å². The first-order valence-corrected chi connectivity index (χ1v) is 13.9. The van der Waals surface area contributed by atoms with Crippen LogP contribution in [0.3, 0.4) is 0 Å². The summed E-state index contributed by atoms with van der Waals surface area (Å²) in [6.45, 7) is 3.18. The zero-order valence-electron chi connectivity index (χ0n) is 19.7. The van der Waals surface area contributed by atoms with E-state index in [-0.39, 0.29) is 11.9 Å². The van der Waals surface area contributed by atoms with Crippen molar-refractivity contribution in [3.05, 3.63) is 46.7 Å². The highest BCUT2D eigenvalue weighted by Gasteiger charge is 2.51. The quantitative estimate of drug-likeness (QED) is 0.604. The van der Waals surface area contributed by atoms with Crippen LogP contribution in [0.5, 0.6) is 0 Å². The van der Waals surface area contributed by atoms with E-state index in [0.29, 0.717) is 10.9 Å². The van der Waals surface area contributed by atoms with E-state index in [0.717, 1.165) is 68.7 Å². The summed E-state index contributed by atoms with van der Waals surface area (Å²) in [7, 11) is -1.66. The highest BCUT2D eigenvalue weighted by Crippen LogP contribution is 2.48. The number of amides is 1. The topological polar surface area (TPSA) is 111 Å². The van der Waals surface area contributed by atoms with Gasteiger partial charge in [-0.2, -0.15) is 10.4 Å². The molecule has 2 fully saturated rings. The molecule has 1 aromatic heterocycles. The van der Waals surface area contributed by atoms with E-state index in [2.05, 4.69) is 20.9 Å².